The Bertz CT molecular complexity index is 502. The van der Waals surface area contributed by atoms with E-state index in [1.165, 1.54) is 89.9 Å². The molecule has 25 heavy (non-hydrogen) atoms. The smallest absolute Gasteiger partial charge is 0.0605 e. The maximum absolute atomic E-state index is 10.5. The van der Waals surface area contributed by atoms with Crippen molar-refractivity contribution in [2.75, 3.05) is 0 Å². The van der Waals surface area contributed by atoms with Crippen LogP contribution in [0.5, 0.6) is 0 Å². The highest BCUT2D eigenvalue weighted by atomic mass is 16.3. The number of aliphatic hydroxyl groups is 1. The molecule has 0 saturated heterocycles. The Morgan fingerprint density at radius 2 is 1.60 bits per heavy atom. The van der Waals surface area contributed by atoms with Crippen LogP contribution in [0.15, 0.2) is 23.3 Å². The monoisotopic (exact) mass is 342 g/mol. The largest absolute Gasteiger partial charge is 0.393 e. The molecule has 2 unspecified atom stereocenters. The summed E-state index contributed by atoms with van der Waals surface area (Å²) in [6, 6.07) is 0. The molecule has 4 rings (SSSR count). The van der Waals surface area contributed by atoms with E-state index in [9.17, 15) is 5.11 Å². The van der Waals surface area contributed by atoms with Crippen molar-refractivity contribution in [1.29, 1.82) is 0 Å². The van der Waals surface area contributed by atoms with Crippen molar-refractivity contribution in [2.24, 2.45) is 23.7 Å². The normalized spacial score (nSPS) is 40.3. The van der Waals surface area contributed by atoms with E-state index in [0.717, 1.165) is 24.2 Å². The number of hydrogen-bond acceptors (Lipinski definition) is 1. The Balaban J connectivity index is 1.38. The predicted octanol–water partition coefficient (Wildman–Crippen LogP) is 6.57. The number of hydrogen-bond donors (Lipinski definition) is 1. The first-order valence-electron chi connectivity index (χ1n) is 11.4. The van der Waals surface area contributed by atoms with Crippen molar-refractivity contribution in [1.82, 2.24) is 0 Å². The van der Waals surface area contributed by atoms with Gasteiger partial charge < -0.3 is 5.11 Å². The van der Waals surface area contributed by atoms with Crippen molar-refractivity contribution in [3.63, 3.8) is 0 Å². The van der Waals surface area contributed by atoms with Crippen LogP contribution in [-0.2, 0) is 0 Å². The summed E-state index contributed by atoms with van der Waals surface area (Å²) in [5.41, 5.74) is 3.47. The van der Waals surface area contributed by atoms with Gasteiger partial charge in [0.15, 0.2) is 0 Å². The molecule has 4 aliphatic rings. The van der Waals surface area contributed by atoms with Crippen LogP contribution in [0.4, 0.5) is 0 Å². The summed E-state index contributed by atoms with van der Waals surface area (Å²) in [6.07, 6.45) is 25.3. The highest BCUT2D eigenvalue weighted by Crippen LogP contribution is 2.46. The van der Waals surface area contributed by atoms with Gasteiger partial charge in [-0.25, -0.2) is 0 Å². The van der Waals surface area contributed by atoms with E-state index in [1.54, 1.807) is 5.57 Å². The van der Waals surface area contributed by atoms with E-state index < -0.39 is 0 Å². The van der Waals surface area contributed by atoms with E-state index in [-0.39, 0.29) is 6.10 Å². The zero-order chi connectivity index (χ0) is 17.1. The van der Waals surface area contributed by atoms with Crippen LogP contribution in [0.25, 0.3) is 0 Å². The lowest BCUT2D eigenvalue weighted by molar-refractivity contribution is 0.0806. The number of allylic oxidation sites excluding steroid dienone is 3. The Morgan fingerprint density at radius 1 is 0.720 bits per heavy atom. The Morgan fingerprint density at radius 3 is 2.44 bits per heavy atom. The quantitative estimate of drug-likeness (QED) is 0.575. The zero-order valence-corrected chi connectivity index (χ0v) is 16.1. The summed E-state index contributed by atoms with van der Waals surface area (Å²) in [5, 5.41) is 10.5. The molecule has 1 N–H and O–H groups in total. The van der Waals surface area contributed by atoms with Crippen molar-refractivity contribution in [3.8, 4) is 0 Å². The van der Waals surface area contributed by atoms with Crippen LogP contribution in [0.2, 0.25) is 0 Å². The summed E-state index contributed by atoms with van der Waals surface area (Å²) in [7, 11) is 0. The van der Waals surface area contributed by atoms with Gasteiger partial charge in [0.1, 0.15) is 0 Å². The van der Waals surface area contributed by atoms with Gasteiger partial charge in [0.05, 0.1) is 6.10 Å². The highest BCUT2D eigenvalue weighted by Gasteiger charge is 2.34. The molecule has 0 aromatic carbocycles. The minimum absolute atomic E-state index is 0.0507. The van der Waals surface area contributed by atoms with Crippen LogP contribution >= 0.6 is 0 Å². The maximum atomic E-state index is 10.5. The van der Waals surface area contributed by atoms with Gasteiger partial charge in [-0.05, 0) is 88.4 Å². The van der Waals surface area contributed by atoms with Crippen LogP contribution in [0.1, 0.15) is 96.3 Å². The topological polar surface area (TPSA) is 20.2 Å². The lowest BCUT2D eigenvalue weighted by atomic mass is 9.66. The van der Waals surface area contributed by atoms with E-state index in [4.69, 9.17) is 0 Å². The van der Waals surface area contributed by atoms with Crippen molar-refractivity contribution < 1.29 is 5.11 Å². The molecule has 0 bridgehead atoms. The molecule has 2 saturated carbocycles. The molecular formula is C24H38O. The molecule has 140 valence electrons. The van der Waals surface area contributed by atoms with Gasteiger partial charge in [0.2, 0.25) is 0 Å². The highest BCUT2D eigenvalue weighted by molar-refractivity contribution is 5.15. The van der Waals surface area contributed by atoms with Gasteiger partial charge in [-0.15, -0.1) is 0 Å². The van der Waals surface area contributed by atoms with E-state index in [2.05, 4.69) is 12.2 Å². The lowest BCUT2D eigenvalue weighted by Gasteiger charge is -2.40. The molecule has 2 fully saturated rings. The van der Waals surface area contributed by atoms with Gasteiger partial charge in [-0.2, -0.15) is 0 Å². The average Bonchev–Trinajstić information content (AvgIpc) is 2.69. The van der Waals surface area contributed by atoms with Crippen LogP contribution in [-0.4, -0.2) is 11.2 Å². The summed E-state index contributed by atoms with van der Waals surface area (Å²) in [5.74, 6) is 3.26. The Hall–Kier alpha value is -0.560. The lowest BCUT2D eigenvalue weighted by Crippen LogP contribution is -2.31. The second-order valence-electron chi connectivity index (χ2n) is 9.43. The minimum atomic E-state index is -0.0507. The van der Waals surface area contributed by atoms with Gasteiger partial charge in [-0.3, -0.25) is 0 Å². The molecule has 0 aromatic heterocycles. The molecule has 0 aromatic rings. The van der Waals surface area contributed by atoms with Gasteiger partial charge in [0, 0.05) is 5.92 Å². The van der Waals surface area contributed by atoms with Crippen molar-refractivity contribution in [3.05, 3.63) is 23.3 Å². The SMILES string of the molecule is O[C@@H]1CCCC[C@@H]1C1=CCCC(C2CCC[C@H](C3=CCCCC3)C2)C1. The molecule has 1 nitrogen and oxygen atoms in total. The third kappa shape index (κ3) is 4.24. The van der Waals surface area contributed by atoms with Crippen molar-refractivity contribution >= 4 is 0 Å². The van der Waals surface area contributed by atoms with Gasteiger partial charge in [-0.1, -0.05) is 49.0 Å². The second-order valence-corrected chi connectivity index (χ2v) is 9.43. The number of rotatable bonds is 3. The molecule has 0 radical (unpaired) electrons. The summed E-state index contributed by atoms with van der Waals surface area (Å²) < 4.78 is 0. The van der Waals surface area contributed by atoms with Crippen LogP contribution in [0.3, 0.4) is 0 Å². The fourth-order valence-electron chi connectivity index (χ4n) is 6.45. The fraction of sp³-hybridized carbons (Fsp3) is 0.833. The number of aliphatic hydroxyl groups excluding tert-OH is 1. The molecule has 1 heteroatoms. The first kappa shape index (κ1) is 17.8. The molecule has 0 aliphatic heterocycles. The second kappa shape index (κ2) is 8.42. The predicted molar refractivity (Wildman–Crippen MR) is 105 cm³/mol. The Labute approximate surface area is 155 Å². The molecule has 4 aliphatic carbocycles. The third-order valence-electron chi connectivity index (χ3n) is 7.88. The maximum Gasteiger partial charge on any atom is 0.0605 e. The van der Waals surface area contributed by atoms with E-state index in [1.807, 2.05) is 5.57 Å². The molecular weight excluding hydrogens is 304 g/mol. The first-order chi connectivity index (χ1) is 12.3. The summed E-state index contributed by atoms with van der Waals surface area (Å²) >= 11 is 0. The zero-order valence-electron chi connectivity index (χ0n) is 16.1. The average molecular weight is 343 g/mol. The summed E-state index contributed by atoms with van der Waals surface area (Å²) in [4.78, 5) is 0. The minimum Gasteiger partial charge on any atom is -0.393 e. The molecule has 0 heterocycles. The molecule has 0 amide bonds. The first-order valence-corrected chi connectivity index (χ1v) is 11.4. The van der Waals surface area contributed by atoms with E-state index >= 15 is 0 Å². The van der Waals surface area contributed by atoms with Gasteiger partial charge in [0.25, 0.3) is 0 Å². The Kier molecular flexibility index (Phi) is 6.01. The van der Waals surface area contributed by atoms with Crippen LogP contribution in [0, 0.1) is 23.7 Å². The standard InChI is InChI=1S/C24H38O/c25-24-15-5-4-14-23(24)22-13-7-12-21(17-22)20-11-6-10-19(16-20)18-8-2-1-3-9-18/h8,13,19-21,23-25H,1-7,9-12,14-17H2/t19-,20?,21?,23+,24+/m0/s1. The fourth-order valence-corrected chi connectivity index (χ4v) is 6.45. The molecule has 0 spiro atoms. The van der Waals surface area contributed by atoms with Crippen LogP contribution < -0.4 is 0 Å². The van der Waals surface area contributed by atoms with Gasteiger partial charge >= 0.3 is 0 Å². The van der Waals surface area contributed by atoms with E-state index in [0.29, 0.717) is 5.92 Å². The summed E-state index contributed by atoms with van der Waals surface area (Å²) in [6.45, 7) is 0. The third-order valence-corrected chi connectivity index (χ3v) is 7.88. The van der Waals surface area contributed by atoms with Crippen molar-refractivity contribution in [2.45, 2.75) is 102 Å². The molecule has 5 atom stereocenters.